The maximum absolute atomic E-state index is 10.9. The van der Waals surface area contributed by atoms with Crippen LogP contribution in [-0.4, -0.2) is 22.7 Å². The number of phenols is 1. The molecule has 0 aliphatic carbocycles. The van der Waals surface area contributed by atoms with Crippen molar-refractivity contribution in [3.05, 3.63) is 99.6 Å². The zero-order valence-electron chi connectivity index (χ0n) is 18.9. The Labute approximate surface area is 199 Å². The molecular weight excluding hydrogens is 434 g/mol. The van der Waals surface area contributed by atoms with Crippen LogP contribution in [0.1, 0.15) is 48.1 Å². The number of hydrogen-bond donors (Lipinski definition) is 2. The SMILES string of the molecule is CCCc1ccc(N2CCc3cc(O)ccc3C2(C)c2ccc(C=CC(=O)O)cc2)cc1Cl. The summed E-state index contributed by atoms with van der Waals surface area (Å²) in [5.41, 5.74) is 5.87. The lowest BCUT2D eigenvalue weighted by atomic mass is 9.76. The van der Waals surface area contributed by atoms with E-state index in [0.717, 1.165) is 70.4 Å². The summed E-state index contributed by atoms with van der Waals surface area (Å²) >= 11 is 6.65. The second kappa shape index (κ2) is 9.32. The molecular formula is C28H28ClNO3. The van der Waals surface area contributed by atoms with Gasteiger partial charge in [-0.3, -0.25) is 0 Å². The number of halogens is 1. The molecule has 33 heavy (non-hydrogen) atoms. The number of phenolic OH excluding ortho intramolecular Hbond substituents is 1. The van der Waals surface area contributed by atoms with Gasteiger partial charge in [0.05, 0.1) is 5.54 Å². The molecule has 4 nitrogen and oxygen atoms in total. The third kappa shape index (κ3) is 4.49. The molecule has 3 aromatic rings. The number of benzene rings is 3. The van der Waals surface area contributed by atoms with Crippen molar-refractivity contribution in [2.24, 2.45) is 0 Å². The van der Waals surface area contributed by atoms with Gasteiger partial charge in [-0.1, -0.05) is 61.3 Å². The fourth-order valence-corrected chi connectivity index (χ4v) is 5.09. The van der Waals surface area contributed by atoms with Gasteiger partial charge in [0.15, 0.2) is 0 Å². The Bertz CT molecular complexity index is 1200. The van der Waals surface area contributed by atoms with Crippen LogP contribution in [0.25, 0.3) is 6.08 Å². The molecule has 170 valence electrons. The molecule has 0 saturated heterocycles. The van der Waals surface area contributed by atoms with Crippen molar-refractivity contribution >= 4 is 29.3 Å². The van der Waals surface area contributed by atoms with E-state index in [1.807, 2.05) is 36.4 Å². The molecule has 1 heterocycles. The third-order valence-electron chi connectivity index (χ3n) is 6.52. The predicted octanol–water partition coefficient (Wildman–Crippen LogP) is 6.42. The Morgan fingerprint density at radius 2 is 1.88 bits per heavy atom. The first-order valence-corrected chi connectivity index (χ1v) is 11.6. The summed E-state index contributed by atoms with van der Waals surface area (Å²) in [5.74, 6) is -0.702. The van der Waals surface area contributed by atoms with Crippen LogP contribution in [0, 0.1) is 0 Å². The number of aliphatic carboxylic acids is 1. The molecule has 0 fully saturated rings. The molecule has 0 amide bonds. The summed E-state index contributed by atoms with van der Waals surface area (Å²) in [6.07, 6.45) is 5.53. The largest absolute Gasteiger partial charge is 0.508 e. The van der Waals surface area contributed by atoms with Gasteiger partial charge in [-0.2, -0.15) is 0 Å². The number of hydrogen-bond acceptors (Lipinski definition) is 3. The molecule has 1 unspecified atom stereocenters. The Morgan fingerprint density at radius 1 is 1.12 bits per heavy atom. The quantitative estimate of drug-likeness (QED) is 0.415. The monoisotopic (exact) mass is 461 g/mol. The molecule has 1 aliphatic rings. The lowest BCUT2D eigenvalue weighted by Gasteiger charge is -2.48. The van der Waals surface area contributed by atoms with Gasteiger partial charge in [-0.05, 0) is 77.9 Å². The zero-order chi connectivity index (χ0) is 23.6. The minimum atomic E-state index is -0.971. The maximum atomic E-state index is 10.9. The summed E-state index contributed by atoms with van der Waals surface area (Å²) in [6.45, 7) is 5.11. The Hall–Kier alpha value is -3.24. The maximum Gasteiger partial charge on any atom is 0.328 e. The highest BCUT2D eigenvalue weighted by Gasteiger charge is 2.40. The second-order valence-electron chi connectivity index (χ2n) is 8.63. The van der Waals surface area contributed by atoms with Gasteiger partial charge in [-0.15, -0.1) is 0 Å². The average Bonchev–Trinajstić information content (AvgIpc) is 2.79. The fourth-order valence-electron chi connectivity index (χ4n) is 4.82. The van der Waals surface area contributed by atoms with E-state index in [1.54, 1.807) is 12.1 Å². The lowest BCUT2D eigenvalue weighted by Crippen LogP contribution is -2.49. The van der Waals surface area contributed by atoms with Gasteiger partial charge in [-0.25, -0.2) is 4.79 Å². The van der Waals surface area contributed by atoms with E-state index >= 15 is 0 Å². The minimum absolute atomic E-state index is 0.269. The number of carboxylic acids is 1. The number of carbonyl (C=O) groups is 1. The molecule has 1 aliphatic heterocycles. The summed E-state index contributed by atoms with van der Waals surface area (Å²) in [6, 6.07) is 19.9. The predicted molar refractivity (Wildman–Crippen MR) is 134 cm³/mol. The molecule has 0 bridgehead atoms. The van der Waals surface area contributed by atoms with Crippen LogP contribution in [0.5, 0.6) is 5.75 Å². The van der Waals surface area contributed by atoms with Gasteiger partial charge in [0.25, 0.3) is 0 Å². The highest BCUT2D eigenvalue weighted by molar-refractivity contribution is 6.31. The minimum Gasteiger partial charge on any atom is -0.508 e. The van der Waals surface area contributed by atoms with E-state index in [4.69, 9.17) is 16.7 Å². The van der Waals surface area contributed by atoms with Crippen LogP contribution < -0.4 is 4.90 Å². The van der Waals surface area contributed by atoms with Gasteiger partial charge < -0.3 is 15.1 Å². The summed E-state index contributed by atoms with van der Waals surface area (Å²) < 4.78 is 0. The first-order valence-electron chi connectivity index (χ1n) is 11.2. The number of aryl methyl sites for hydroxylation is 1. The number of rotatable bonds is 6. The van der Waals surface area contributed by atoms with E-state index in [9.17, 15) is 9.90 Å². The van der Waals surface area contributed by atoms with Crippen LogP contribution in [0.2, 0.25) is 5.02 Å². The standard InChI is InChI=1S/C28H28ClNO3/c1-3-4-20-8-11-23(18-26(20)29)30-16-15-21-17-24(31)12-13-25(21)28(30,2)22-9-5-19(6-10-22)7-14-27(32)33/h5-14,17-18,31H,3-4,15-16H2,1-2H3,(H,32,33). The van der Waals surface area contributed by atoms with Crippen LogP contribution in [-0.2, 0) is 23.2 Å². The average molecular weight is 462 g/mol. The lowest BCUT2D eigenvalue weighted by molar-refractivity contribution is -0.131. The van der Waals surface area contributed by atoms with Crippen LogP contribution >= 0.6 is 11.6 Å². The molecule has 0 spiro atoms. The fraction of sp³-hybridized carbons (Fsp3) is 0.250. The molecule has 2 N–H and O–H groups in total. The molecule has 5 heteroatoms. The highest BCUT2D eigenvalue weighted by Crippen LogP contribution is 2.45. The molecule has 0 saturated carbocycles. The topological polar surface area (TPSA) is 60.8 Å². The van der Waals surface area contributed by atoms with Gasteiger partial charge in [0.1, 0.15) is 5.75 Å². The van der Waals surface area contributed by atoms with Crippen LogP contribution in [0.15, 0.2) is 66.7 Å². The number of aromatic hydroxyl groups is 1. The molecule has 0 aromatic heterocycles. The highest BCUT2D eigenvalue weighted by atomic mass is 35.5. The van der Waals surface area contributed by atoms with E-state index < -0.39 is 11.5 Å². The molecule has 4 rings (SSSR count). The summed E-state index contributed by atoms with van der Waals surface area (Å²) in [7, 11) is 0. The van der Waals surface area contributed by atoms with Crippen molar-refractivity contribution in [1.82, 2.24) is 0 Å². The van der Waals surface area contributed by atoms with E-state index in [-0.39, 0.29) is 5.75 Å². The van der Waals surface area contributed by atoms with E-state index in [2.05, 4.69) is 36.9 Å². The van der Waals surface area contributed by atoms with E-state index in [1.165, 1.54) is 0 Å². The number of anilines is 1. The third-order valence-corrected chi connectivity index (χ3v) is 6.87. The Kier molecular flexibility index (Phi) is 6.48. The van der Waals surface area contributed by atoms with Gasteiger partial charge in [0, 0.05) is 23.3 Å². The van der Waals surface area contributed by atoms with Crippen molar-refractivity contribution in [3.8, 4) is 5.75 Å². The second-order valence-corrected chi connectivity index (χ2v) is 9.04. The molecule has 0 radical (unpaired) electrons. The van der Waals surface area contributed by atoms with Crippen molar-refractivity contribution < 1.29 is 15.0 Å². The van der Waals surface area contributed by atoms with Gasteiger partial charge in [0.2, 0.25) is 0 Å². The van der Waals surface area contributed by atoms with Crippen molar-refractivity contribution in [3.63, 3.8) is 0 Å². The van der Waals surface area contributed by atoms with Crippen LogP contribution in [0.4, 0.5) is 5.69 Å². The first-order chi connectivity index (χ1) is 15.8. The Balaban J connectivity index is 1.82. The summed E-state index contributed by atoms with van der Waals surface area (Å²) in [4.78, 5) is 13.2. The van der Waals surface area contributed by atoms with E-state index in [0.29, 0.717) is 0 Å². The van der Waals surface area contributed by atoms with Crippen molar-refractivity contribution in [1.29, 1.82) is 0 Å². The number of nitrogens with zero attached hydrogens (tertiary/aromatic N) is 1. The smallest absolute Gasteiger partial charge is 0.328 e. The zero-order valence-corrected chi connectivity index (χ0v) is 19.6. The van der Waals surface area contributed by atoms with Crippen molar-refractivity contribution in [2.75, 3.05) is 11.4 Å². The summed E-state index contributed by atoms with van der Waals surface area (Å²) in [5, 5.41) is 19.8. The van der Waals surface area contributed by atoms with Gasteiger partial charge >= 0.3 is 5.97 Å². The number of carboxylic acid groups (broad SMARTS) is 1. The molecule has 3 aromatic carbocycles. The Morgan fingerprint density at radius 3 is 2.55 bits per heavy atom. The van der Waals surface area contributed by atoms with Crippen molar-refractivity contribution in [2.45, 2.75) is 38.6 Å². The first kappa shape index (κ1) is 22.9. The number of fused-ring (bicyclic) bond motifs is 1. The normalized spacial score (nSPS) is 17.8. The molecule has 1 atom stereocenters. The van der Waals surface area contributed by atoms with Crippen LogP contribution in [0.3, 0.4) is 0 Å².